The molecule has 0 saturated heterocycles. The van der Waals surface area contributed by atoms with Crippen molar-refractivity contribution in [3.05, 3.63) is 52.8 Å². The fraction of sp³-hybridized carbons (Fsp3) is 0.263. The Morgan fingerprint density at radius 3 is 2.52 bits per heavy atom. The maximum Gasteiger partial charge on any atom is 0.338 e. The van der Waals surface area contributed by atoms with E-state index in [0.29, 0.717) is 11.5 Å². The van der Waals surface area contributed by atoms with E-state index in [1.54, 1.807) is 6.07 Å². The number of amides is 1. The number of carbonyl (C=O) groups is 2. The molecule has 0 atom stereocenters. The lowest BCUT2D eigenvalue weighted by Gasteiger charge is -2.14. The molecule has 0 bridgehead atoms. The molecule has 0 fully saturated rings. The number of carbonyl (C=O) groups excluding carboxylic acids is 2. The highest BCUT2D eigenvalue weighted by Gasteiger charge is 2.15. The molecule has 27 heavy (non-hydrogen) atoms. The number of ether oxygens (including phenoxy) is 3. The van der Waals surface area contributed by atoms with Crippen molar-refractivity contribution in [1.82, 2.24) is 0 Å². The van der Waals surface area contributed by atoms with Crippen molar-refractivity contribution in [2.45, 2.75) is 20.0 Å². The van der Waals surface area contributed by atoms with Crippen LogP contribution < -0.4 is 14.8 Å². The van der Waals surface area contributed by atoms with E-state index in [9.17, 15) is 14.0 Å². The fourth-order valence-electron chi connectivity index (χ4n) is 2.14. The summed E-state index contributed by atoms with van der Waals surface area (Å²) in [6, 6.07) is 8.35. The first-order valence-corrected chi connectivity index (χ1v) is 8.44. The van der Waals surface area contributed by atoms with Crippen molar-refractivity contribution >= 4 is 29.2 Å². The number of hydrogen-bond acceptors (Lipinski definition) is 5. The smallest absolute Gasteiger partial charge is 0.338 e. The van der Waals surface area contributed by atoms with Crippen molar-refractivity contribution in [3.8, 4) is 11.5 Å². The van der Waals surface area contributed by atoms with Crippen molar-refractivity contribution < 1.29 is 28.2 Å². The first-order valence-electron chi connectivity index (χ1n) is 8.07. The van der Waals surface area contributed by atoms with Gasteiger partial charge in [-0.25, -0.2) is 9.18 Å². The quantitative estimate of drug-likeness (QED) is 0.715. The molecule has 0 saturated carbocycles. The van der Waals surface area contributed by atoms with E-state index in [-0.39, 0.29) is 22.4 Å². The van der Waals surface area contributed by atoms with Crippen LogP contribution in [0, 0.1) is 5.82 Å². The second kappa shape index (κ2) is 9.23. The maximum absolute atomic E-state index is 13.7. The van der Waals surface area contributed by atoms with Crippen LogP contribution in [0.5, 0.6) is 11.5 Å². The molecule has 1 N–H and O–H groups in total. The summed E-state index contributed by atoms with van der Waals surface area (Å²) in [5.74, 6) is -1.24. The van der Waals surface area contributed by atoms with E-state index in [0.717, 1.165) is 6.07 Å². The average Bonchev–Trinajstić information content (AvgIpc) is 2.62. The average molecular weight is 396 g/mol. The van der Waals surface area contributed by atoms with Gasteiger partial charge in [0.05, 0.1) is 24.5 Å². The highest BCUT2D eigenvalue weighted by atomic mass is 35.5. The third kappa shape index (κ3) is 5.86. The molecule has 0 radical (unpaired) electrons. The monoisotopic (exact) mass is 395 g/mol. The topological polar surface area (TPSA) is 73.9 Å². The van der Waals surface area contributed by atoms with E-state index < -0.39 is 24.3 Å². The predicted octanol–water partition coefficient (Wildman–Crippen LogP) is 4.07. The standard InChI is InChI=1S/C19H19ClFNO5/c1-11(2)27-16-7-4-12(8-17(16)25-3)19(24)26-10-18(23)22-15-6-5-13(20)9-14(15)21/h4-9,11H,10H2,1-3H3,(H,22,23). The zero-order valence-corrected chi connectivity index (χ0v) is 15.8. The predicted molar refractivity (Wildman–Crippen MR) is 99.1 cm³/mol. The third-order valence-corrected chi connectivity index (χ3v) is 3.54. The summed E-state index contributed by atoms with van der Waals surface area (Å²) in [4.78, 5) is 24.0. The first-order chi connectivity index (χ1) is 12.8. The second-order valence-corrected chi connectivity index (χ2v) is 6.22. The van der Waals surface area contributed by atoms with Crippen molar-refractivity contribution in [1.29, 1.82) is 0 Å². The Bertz CT molecular complexity index is 841. The molecule has 2 aromatic carbocycles. The van der Waals surface area contributed by atoms with Crippen LogP contribution in [-0.4, -0.2) is 31.7 Å². The largest absolute Gasteiger partial charge is 0.493 e. The minimum Gasteiger partial charge on any atom is -0.493 e. The zero-order valence-electron chi connectivity index (χ0n) is 15.0. The van der Waals surface area contributed by atoms with Crippen molar-refractivity contribution in [2.24, 2.45) is 0 Å². The van der Waals surface area contributed by atoms with Crippen LogP contribution in [0.2, 0.25) is 5.02 Å². The Hall–Kier alpha value is -2.80. The van der Waals surface area contributed by atoms with Crippen LogP contribution in [0.4, 0.5) is 10.1 Å². The molecular formula is C19H19ClFNO5. The number of hydrogen-bond donors (Lipinski definition) is 1. The Kier molecular flexibility index (Phi) is 7.01. The second-order valence-electron chi connectivity index (χ2n) is 5.78. The molecular weight excluding hydrogens is 377 g/mol. The Morgan fingerprint density at radius 2 is 1.89 bits per heavy atom. The van der Waals surface area contributed by atoms with Crippen molar-refractivity contribution in [2.75, 3.05) is 19.0 Å². The van der Waals surface area contributed by atoms with Gasteiger partial charge in [0.15, 0.2) is 18.1 Å². The van der Waals surface area contributed by atoms with E-state index in [2.05, 4.69) is 5.32 Å². The van der Waals surface area contributed by atoms with Gasteiger partial charge >= 0.3 is 5.97 Å². The van der Waals surface area contributed by atoms with Crippen LogP contribution in [0.3, 0.4) is 0 Å². The Morgan fingerprint density at radius 1 is 1.15 bits per heavy atom. The van der Waals surface area contributed by atoms with Crippen LogP contribution in [0.1, 0.15) is 24.2 Å². The normalized spacial score (nSPS) is 10.4. The maximum atomic E-state index is 13.7. The highest BCUT2D eigenvalue weighted by Crippen LogP contribution is 2.29. The minimum absolute atomic E-state index is 0.0581. The molecule has 0 heterocycles. The lowest BCUT2D eigenvalue weighted by atomic mass is 10.2. The molecule has 0 spiro atoms. The summed E-state index contributed by atoms with van der Waals surface area (Å²) in [6.45, 7) is 3.15. The fourth-order valence-corrected chi connectivity index (χ4v) is 2.30. The Labute approximate surface area is 161 Å². The van der Waals surface area contributed by atoms with E-state index >= 15 is 0 Å². The highest BCUT2D eigenvalue weighted by molar-refractivity contribution is 6.30. The molecule has 1 amide bonds. The summed E-state index contributed by atoms with van der Waals surface area (Å²) in [5.41, 5.74) is 0.130. The van der Waals surface area contributed by atoms with Crippen LogP contribution in [-0.2, 0) is 9.53 Å². The van der Waals surface area contributed by atoms with Gasteiger partial charge in [-0.15, -0.1) is 0 Å². The van der Waals surface area contributed by atoms with Gasteiger partial charge in [0.25, 0.3) is 5.91 Å². The summed E-state index contributed by atoms with van der Waals surface area (Å²) in [5, 5.41) is 2.51. The number of methoxy groups -OCH3 is 1. The van der Waals surface area contributed by atoms with Crippen LogP contribution in [0.25, 0.3) is 0 Å². The van der Waals surface area contributed by atoms with Crippen LogP contribution >= 0.6 is 11.6 Å². The zero-order chi connectivity index (χ0) is 20.0. The molecule has 0 aromatic heterocycles. The molecule has 0 aliphatic heterocycles. The molecule has 8 heteroatoms. The molecule has 0 aliphatic rings. The summed E-state index contributed by atoms with van der Waals surface area (Å²) in [6.07, 6.45) is -0.0614. The number of rotatable bonds is 7. The van der Waals surface area contributed by atoms with Gasteiger partial charge < -0.3 is 19.5 Å². The van der Waals surface area contributed by atoms with E-state index in [4.69, 9.17) is 25.8 Å². The molecule has 0 aliphatic carbocycles. The number of anilines is 1. The number of benzene rings is 2. The van der Waals surface area contributed by atoms with E-state index in [1.165, 1.54) is 31.4 Å². The summed E-state index contributed by atoms with van der Waals surface area (Å²) < 4.78 is 29.4. The van der Waals surface area contributed by atoms with Gasteiger partial charge in [-0.3, -0.25) is 4.79 Å². The number of nitrogens with one attached hydrogen (secondary N) is 1. The summed E-state index contributed by atoms with van der Waals surface area (Å²) >= 11 is 5.65. The van der Waals surface area contributed by atoms with Gasteiger partial charge in [0, 0.05) is 5.02 Å². The van der Waals surface area contributed by atoms with Gasteiger partial charge in [0.1, 0.15) is 5.82 Å². The van der Waals surface area contributed by atoms with Gasteiger partial charge in [-0.1, -0.05) is 11.6 Å². The number of halogens is 2. The number of esters is 1. The molecule has 144 valence electrons. The van der Waals surface area contributed by atoms with Gasteiger partial charge in [0.2, 0.25) is 0 Å². The lowest BCUT2D eigenvalue weighted by molar-refractivity contribution is -0.119. The van der Waals surface area contributed by atoms with Gasteiger partial charge in [-0.2, -0.15) is 0 Å². The molecule has 6 nitrogen and oxygen atoms in total. The molecule has 0 unspecified atom stereocenters. The third-order valence-electron chi connectivity index (χ3n) is 3.30. The van der Waals surface area contributed by atoms with E-state index in [1.807, 2.05) is 13.8 Å². The summed E-state index contributed by atoms with van der Waals surface area (Å²) in [7, 11) is 1.45. The van der Waals surface area contributed by atoms with Gasteiger partial charge in [-0.05, 0) is 50.2 Å². The SMILES string of the molecule is COc1cc(C(=O)OCC(=O)Nc2ccc(Cl)cc2F)ccc1OC(C)C. The molecule has 2 aromatic rings. The first kappa shape index (κ1) is 20.5. The van der Waals surface area contributed by atoms with Crippen LogP contribution in [0.15, 0.2) is 36.4 Å². The van der Waals surface area contributed by atoms with Crippen molar-refractivity contribution in [3.63, 3.8) is 0 Å². The minimum atomic E-state index is -0.726. The molecule has 2 rings (SSSR count). The Balaban J connectivity index is 1.97. The lowest BCUT2D eigenvalue weighted by Crippen LogP contribution is -2.21.